The lowest BCUT2D eigenvalue weighted by Gasteiger charge is -2.33. The van der Waals surface area contributed by atoms with E-state index >= 15 is 0 Å². The fourth-order valence-corrected chi connectivity index (χ4v) is 6.74. The van der Waals surface area contributed by atoms with Crippen molar-refractivity contribution >= 4 is 24.4 Å². The number of alkyl carbamates (subject to hydrolysis) is 1. The average molecular weight is 414 g/mol. The number of nitrogens with one attached hydrogen (secondary N) is 1. The lowest BCUT2D eigenvalue weighted by molar-refractivity contribution is -0.0442. The van der Waals surface area contributed by atoms with Gasteiger partial charge in [-0.15, -0.1) is 0 Å². The maximum Gasteiger partial charge on any atom is 0.679 e. The van der Waals surface area contributed by atoms with Crippen molar-refractivity contribution in [3.05, 3.63) is 0 Å². The first-order valence-corrected chi connectivity index (χ1v) is 12.4. The van der Waals surface area contributed by atoms with Crippen LogP contribution in [0.2, 0.25) is 0 Å². The quantitative estimate of drug-likeness (QED) is 0.381. The van der Waals surface area contributed by atoms with Crippen LogP contribution in [0, 0.1) is 0 Å². The van der Waals surface area contributed by atoms with Gasteiger partial charge in [-0.25, -0.2) is 4.79 Å². The summed E-state index contributed by atoms with van der Waals surface area (Å²) < 4.78 is 39.8. The third-order valence-corrected chi connectivity index (χ3v) is 8.30. The molecule has 0 fully saturated rings. The molecule has 9 nitrogen and oxygen atoms in total. The van der Waals surface area contributed by atoms with Gasteiger partial charge in [0.05, 0.1) is 12.8 Å². The molecule has 0 aliphatic carbocycles. The summed E-state index contributed by atoms with van der Waals surface area (Å²) in [6.07, 6.45) is -0.0359. The first-order valence-electron chi connectivity index (χ1n) is 9.16. The number of hydrogen-bond acceptors (Lipinski definition) is 8. The summed E-state index contributed by atoms with van der Waals surface area (Å²) in [7, 11) is -4.23. The number of hydrogen-bond donors (Lipinski definition) is 1. The third kappa shape index (κ3) is 9.97. The first kappa shape index (κ1) is 25.5. The Labute approximate surface area is 159 Å². The minimum atomic E-state index is -3.33. The van der Waals surface area contributed by atoms with Crippen LogP contribution in [0.3, 0.4) is 0 Å². The van der Waals surface area contributed by atoms with E-state index in [-0.39, 0.29) is 0 Å². The van der Waals surface area contributed by atoms with E-state index in [1.54, 1.807) is 0 Å². The molecule has 0 bridgehead atoms. The zero-order chi connectivity index (χ0) is 19.8. The van der Waals surface area contributed by atoms with Gasteiger partial charge in [0.1, 0.15) is 0 Å². The highest BCUT2D eigenvalue weighted by Gasteiger charge is 2.49. The molecule has 0 spiro atoms. The molecule has 0 aromatic carbocycles. The normalized spacial score (nSPS) is 13.0. The van der Waals surface area contributed by atoms with E-state index in [9.17, 15) is 4.79 Å². The van der Waals surface area contributed by atoms with Crippen molar-refractivity contribution in [3.8, 4) is 0 Å². The average Bonchev–Trinajstić information content (AvgIpc) is 2.61. The van der Waals surface area contributed by atoms with Crippen LogP contribution in [0.25, 0.3) is 0 Å². The van der Waals surface area contributed by atoms with E-state index in [0.29, 0.717) is 46.0 Å². The van der Waals surface area contributed by atoms with Gasteiger partial charge in [-0.1, -0.05) is 0 Å². The predicted molar refractivity (Wildman–Crippen MR) is 101 cm³/mol. The Morgan fingerprint density at radius 3 is 1.81 bits per heavy atom. The van der Waals surface area contributed by atoms with Crippen LogP contribution in [0.4, 0.5) is 4.79 Å². The van der Waals surface area contributed by atoms with Gasteiger partial charge in [0, 0.05) is 39.6 Å². The molecule has 1 amide bonds. The second kappa shape index (κ2) is 15.5. The van der Waals surface area contributed by atoms with Crippen molar-refractivity contribution in [3.63, 3.8) is 0 Å². The van der Waals surface area contributed by atoms with E-state index < -0.39 is 30.2 Å². The van der Waals surface area contributed by atoms with Gasteiger partial charge < -0.3 is 36.6 Å². The zero-order valence-electron chi connectivity index (χ0n) is 16.9. The van der Waals surface area contributed by atoms with Crippen LogP contribution in [0.1, 0.15) is 41.0 Å². The van der Waals surface area contributed by atoms with Crippen molar-refractivity contribution in [2.45, 2.75) is 46.8 Å². The van der Waals surface area contributed by atoms with Gasteiger partial charge >= 0.3 is 24.4 Å². The zero-order valence-corrected chi connectivity index (χ0v) is 19.0. The number of methoxy groups -OCH3 is 1. The van der Waals surface area contributed by atoms with Crippen molar-refractivity contribution in [2.75, 3.05) is 46.7 Å². The lowest BCUT2D eigenvalue weighted by atomic mass is 10.4. The molecule has 1 N–H and O–H groups in total. The molecule has 26 heavy (non-hydrogen) atoms. The van der Waals surface area contributed by atoms with E-state index in [0.717, 1.165) is 0 Å². The Morgan fingerprint density at radius 1 is 0.923 bits per heavy atom. The van der Waals surface area contributed by atoms with Crippen LogP contribution < -0.4 is 5.32 Å². The second-order valence-corrected chi connectivity index (χ2v) is 9.19. The van der Waals surface area contributed by atoms with Gasteiger partial charge in [0.2, 0.25) is 0 Å². The minimum absolute atomic E-state index is 0.343. The Morgan fingerprint density at radius 2 is 1.42 bits per heavy atom. The van der Waals surface area contributed by atoms with Gasteiger partial charge in [-0.3, -0.25) is 0 Å². The van der Waals surface area contributed by atoms with Gasteiger partial charge in [0.25, 0.3) is 0 Å². The highest BCUT2D eigenvalue weighted by Crippen LogP contribution is 2.19. The lowest BCUT2D eigenvalue weighted by Crippen LogP contribution is -2.56. The molecule has 0 rings (SSSR count). The van der Waals surface area contributed by atoms with E-state index in [1.807, 2.05) is 34.6 Å². The minimum Gasteiger partial charge on any atom is -0.453 e. The van der Waals surface area contributed by atoms with E-state index in [1.165, 1.54) is 7.11 Å². The molecule has 11 heteroatoms. The predicted octanol–water partition coefficient (Wildman–Crippen LogP) is 1.50. The highest BCUT2D eigenvalue weighted by atomic mass is 28.4. The van der Waals surface area contributed by atoms with Crippen molar-refractivity contribution < 1.29 is 36.1 Å². The van der Waals surface area contributed by atoms with E-state index in [2.05, 4.69) is 10.1 Å². The van der Waals surface area contributed by atoms with Gasteiger partial charge in [-0.2, -0.15) is 0 Å². The standard InChI is InChI=1S/C15H35NO8Si2/c1-7-19-25(20-8-2)14(12-13-16-15(17)18-6)24-26(21-9-3,22-10-4)23-11-5/h14,25H,7-13H2,1-6H3,(H,16,17). The van der Waals surface area contributed by atoms with Crippen molar-refractivity contribution in [1.29, 1.82) is 0 Å². The molecule has 0 aromatic heterocycles. The molecule has 1 atom stereocenters. The molecule has 0 aliphatic heterocycles. The largest absolute Gasteiger partial charge is 0.679 e. The van der Waals surface area contributed by atoms with Gasteiger partial charge in [0.15, 0.2) is 0 Å². The number of amides is 1. The number of ether oxygens (including phenoxy) is 1. The maximum atomic E-state index is 11.3. The highest BCUT2D eigenvalue weighted by molar-refractivity contribution is 6.55. The third-order valence-electron chi connectivity index (χ3n) is 3.11. The smallest absolute Gasteiger partial charge is 0.453 e. The summed E-state index contributed by atoms with van der Waals surface area (Å²) in [6, 6.07) is 0. The maximum absolute atomic E-state index is 11.3. The van der Waals surface area contributed by atoms with Crippen molar-refractivity contribution in [1.82, 2.24) is 5.32 Å². The van der Waals surface area contributed by atoms with Crippen LogP contribution in [-0.4, -0.2) is 76.8 Å². The first-order chi connectivity index (χ1) is 12.5. The SMILES string of the molecule is CCO[SiH](OCC)C(CCNC(=O)OC)O[Si](OCC)(OCC)OCC. The van der Waals surface area contributed by atoms with Crippen molar-refractivity contribution in [2.24, 2.45) is 0 Å². The number of carbonyl (C=O) groups is 1. The number of rotatable bonds is 16. The molecule has 0 heterocycles. The Bertz CT molecular complexity index is 342. The Kier molecular flexibility index (Phi) is 15.2. The van der Waals surface area contributed by atoms with Crippen LogP contribution in [0.5, 0.6) is 0 Å². The van der Waals surface area contributed by atoms with Crippen LogP contribution >= 0.6 is 0 Å². The summed E-state index contributed by atoms with van der Waals surface area (Å²) in [6.45, 7) is 11.9. The molecular weight excluding hydrogens is 378 g/mol. The second-order valence-electron chi connectivity index (χ2n) is 4.94. The Balaban J connectivity index is 5.29. The molecule has 1 unspecified atom stereocenters. The topological polar surface area (TPSA) is 93.7 Å². The molecule has 0 saturated heterocycles. The molecule has 0 aliphatic rings. The van der Waals surface area contributed by atoms with Crippen LogP contribution in [0.15, 0.2) is 0 Å². The van der Waals surface area contributed by atoms with Gasteiger partial charge in [-0.05, 0) is 41.0 Å². The fourth-order valence-electron chi connectivity index (χ4n) is 2.17. The monoisotopic (exact) mass is 413 g/mol. The summed E-state index contributed by atoms with van der Waals surface area (Å²) in [5, 5.41) is 2.65. The molecule has 0 radical (unpaired) electrons. The van der Waals surface area contributed by atoms with E-state index in [4.69, 9.17) is 26.6 Å². The van der Waals surface area contributed by atoms with Crippen LogP contribution in [-0.2, 0) is 31.3 Å². The summed E-state index contributed by atoms with van der Waals surface area (Å²) in [4.78, 5) is 11.3. The molecule has 0 saturated carbocycles. The summed E-state index contributed by atoms with van der Waals surface area (Å²) >= 11 is 0. The fraction of sp³-hybridized carbons (Fsp3) is 0.933. The summed E-state index contributed by atoms with van der Waals surface area (Å²) in [5.74, 6) is 0. The summed E-state index contributed by atoms with van der Waals surface area (Å²) in [5.41, 5.74) is -0.414. The molecular formula is C15H35NO8Si2. The number of carbonyl (C=O) groups excluding carboxylic acids is 1. The molecule has 156 valence electrons. The Hall–Kier alpha value is -0.536. The molecule has 0 aromatic rings.